The first kappa shape index (κ1) is 16.3. The van der Waals surface area contributed by atoms with Crippen LogP contribution < -0.4 is 4.72 Å². The summed E-state index contributed by atoms with van der Waals surface area (Å²) in [5.74, 6) is -0.158. The molecule has 0 bridgehead atoms. The van der Waals surface area contributed by atoms with Gasteiger partial charge in [-0.15, -0.1) is 0 Å². The molecule has 1 rings (SSSR count). The van der Waals surface area contributed by atoms with Gasteiger partial charge in [-0.25, -0.2) is 8.42 Å². The second-order valence-corrected chi connectivity index (χ2v) is 7.52. The smallest absolute Gasteiger partial charge is 0.249 e. The SMILES string of the molecule is CCC(C#N)S(=O)(=O)Nc1cc(C(C)(C)C)ccc1O. The van der Waals surface area contributed by atoms with Crippen molar-refractivity contribution in [3.05, 3.63) is 23.8 Å². The molecule has 0 aliphatic carbocycles. The summed E-state index contributed by atoms with van der Waals surface area (Å²) >= 11 is 0. The predicted molar refractivity (Wildman–Crippen MR) is 79.0 cm³/mol. The molecule has 0 aromatic heterocycles. The third kappa shape index (κ3) is 3.64. The van der Waals surface area contributed by atoms with Gasteiger partial charge >= 0.3 is 0 Å². The molecule has 1 atom stereocenters. The van der Waals surface area contributed by atoms with E-state index in [2.05, 4.69) is 4.72 Å². The lowest BCUT2D eigenvalue weighted by molar-refractivity contribution is 0.476. The largest absolute Gasteiger partial charge is 0.506 e. The minimum absolute atomic E-state index is 0.103. The molecule has 0 radical (unpaired) electrons. The van der Waals surface area contributed by atoms with Crippen molar-refractivity contribution in [3.8, 4) is 11.8 Å². The first-order valence-electron chi connectivity index (χ1n) is 6.36. The van der Waals surface area contributed by atoms with Gasteiger partial charge in [0, 0.05) is 0 Å². The Morgan fingerprint density at radius 3 is 2.45 bits per heavy atom. The Morgan fingerprint density at radius 1 is 1.40 bits per heavy atom. The Labute approximate surface area is 120 Å². The van der Waals surface area contributed by atoms with Crippen LogP contribution in [-0.4, -0.2) is 18.8 Å². The molecular formula is C14H20N2O3S. The monoisotopic (exact) mass is 296 g/mol. The van der Waals surface area contributed by atoms with Crippen LogP contribution in [0.3, 0.4) is 0 Å². The van der Waals surface area contributed by atoms with E-state index >= 15 is 0 Å². The number of nitrogens with one attached hydrogen (secondary N) is 1. The Bertz CT molecular complexity index is 625. The molecule has 5 nitrogen and oxygen atoms in total. The van der Waals surface area contributed by atoms with Crippen LogP contribution in [0.1, 0.15) is 39.7 Å². The van der Waals surface area contributed by atoms with Crippen molar-refractivity contribution in [1.82, 2.24) is 0 Å². The lowest BCUT2D eigenvalue weighted by Crippen LogP contribution is -2.26. The quantitative estimate of drug-likeness (QED) is 0.836. The lowest BCUT2D eigenvalue weighted by Gasteiger charge is -2.21. The highest BCUT2D eigenvalue weighted by atomic mass is 32.2. The molecule has 0 fully saturated rings. The fraction of sp³-hybridized carbons (Fsp3) is 0.500. The van der Waals surface area contributed by atoms with Crippen molar-refractivity contribution in [1.29, 1.82) is 5.26 Å². The number of anilines is 1. The molecule has 0 amide bonds. The lowest BCUT2D eigenvalue weighted by atomic mass is 9.87. The van der Waals surface area contributed by atoms with Gasteiger partial charge in [0.1, 0.15) is 5.75 Å². The fourth-order valence-electron chi connectivity index (χ4n) is 1.69. The average molecular weight is 296 g/mol. The van der Waals surface area contributed by atoms with E-state index < -0.39 is 15.3 Å². The molecule has 0 aliphatic rings. The zero-order valence-corrected chi connectivity index (χ0v) is 13.0. The molecule has 1 aromatic carbocycles. The molecule has 110 valence electrons. The Balaban J connectivity index is 3.19. The van der Waals surface area contributed by atoms with Crippen molar-refractivity contribution in [2.45, 2.75) is 44.8 Å². The normalized spacial score (nSPS) is 13.6. The number of phenolic OH excluding ortho intramolecular Hbond substituents is 1. The minimum Gasteiger partial charge on any atom is -0.506 e. The zero-order valence-electron chi connectivity index (χ0n) is 12.1. The highest BCUT2D eigenvalue weighted by Gasteiger charge is 2.25. The Morgan fingerprint density at radius 2 is 2.00 bits per heavy atom. The topological polar surface area (TPSA) is 90.2 Å². The van der Waals surface area contributed by atoms with E-state index in [0.29, 0.717) is 0 Å². The van der Waals surface area contributed by atoms with Crippen LogP contribution >= 0.6 is 0 Å². The van der Waals surface area contributed by atoms with Gasteiger partial charge < -0.3 is 5.11 Å². The van der Waals surface area contributed by atoms with E-state index in [9.17, 15) is 13.5 Å². The molecular weight excluding hydrogens is 276 g/mol. The van der Waals surface area contributed by atoms with Gasteiger partial charge in [0.25, 0.3) is 0 Å². The third-order valence-electron chi connectivity index (χ3n) is 3.00. The van der Waals surface area contributed by atoms with E-state index in [1.807, 2.05) is 20.8 Å². The number of sulfonamides is 1. The van der Waals surface area contributed by atoms with Gasteiger partial charge in [0.15, 0.2) is 5.25 Å². The van der Waals surface area contributed by atoms with E-state index in [4.69, 9.17) is 5.26 Å². The van der Waals surface area contributed by atoms with Gasteiger partial charge in [-0.05, 0) is 29.5 Å². The summed E-state index contributed by atoms with van der Waals surface area (Å²) in [6.07, 6.45) is 0.186. The summed E-state index contributed by atoms with van der Waals surface area (Å²) in [6, 6.07) is 6.53. The summed E-state index contributed by atoms with van der Waals surface area (Å²) in [7, 11) is -3.83. The van der Waals surface area contributed by atoms with Crippen molar-refractivity contribution < 1.29 is 13.5 Å². The Kier molecular flexibility index (Phi) is 4.66. The molecule has 20 heavy (non-hydrogen) atoms. The third-order valence-corrected chi connectivity index (χ3v) is 4.70. The number of hydrogen-bond acceptors (Lipinski definition) is 4. The number of rotatable bonds is 4. The van der Waals surface area contributed by atoms with Crippen LogP contribution in [0.25, 0.3) is 0 Å². The van der Waals surface area contributed by atoms with Crippen LogP contribution in [-0.2, 0) is 15.4 Å². The summed E-state index contributed by atoms with van der Waals surface area (Å²) < 4.78 is 26.4. The second-order valence-electron chi connectivity index (χ2n) is 5.65. The molecule has 0 saturated carbocycles. The number of nitrogens with zero attached hydrogens (tertiary/aromatic N) is 1. The van der Waals surface area contributed by atoms with Crippen LogP contribution in [0.2, 0.25) is 0 Å². The van der Waals surface area contributed by atoms with Gasteiger partial charge in [0.2, 0.25) is 10.0 Å². The maximum absolute atomic E-state index is 12.0. The first-order valence-corrected chi connectivity index (χ1v) is 7.91. The highest BCUT2D eigenvalue weighted by molar-refractivity contribution is 7.93. The summed E-state index contributed by atoms with van der Waals surface area (Å²) in [5, 5.41) is 17.5. The molecule has 0 aliphatic heterocycles. The van der Waals surface area contributed by atoms with Gasteiger partial charge in [-0.3, -0.25) is 4.72 Å². The minimum atomic E-state index is -3.83. The number of phenols is 1. The van der Waals surface area contributed by atoms with Crippen LogP contribution in [0.4, 0.5) is 5.69 Å². The number of aromatic hydroxyl groups is 1. The standard InChI is InChI=1S/C14H20N2O3S/c1-5-11(9-15)20(18,19)16-12-8-10(14(2,3)4)6-7-13(12)17/h6-8,11,16-17H,5H2,1-4H3. The number of hydrogen-bond donors (Lipinski definition) is 2. The van der Waals surface area contributed by atoms with Crippen LogP contribution in [0.5, 0.6) is 5.75 Å². The van der Waals surface area contributed by atoms with Crippen molar-refractivity contribution in [3.63, 3.8) is 0 Å². The highest BCUT2D eigenvalue weighted by Crippen LogP contribution is 2.31. The number of benzene rings is 1. The van der Waals surface area contributed by atoms with Gasteiger partial charge in [0.05, 0.1) is 11.8 Å². The van der Waals surface area contributed by atoms with Crippen LogP contribution in [0.15, 0.2) is 18.2 Å². The summed E-state index contributed by atoms with van der Waals surface area (Å²) in [5.41, 5.74) is 0.817. The van der Waals surface area contributed by atoms with E-state index in [1.54, 1.807) is 25.1 Å². The molecule has 0 heterocycles. The van der Waals surface area contributed by atoms with Crippen molar-refractivity contribution in [2.75, 3.05) is 4.72 Å². The molecule has 1 unspecified atom stereocenters. The van der Waals surface area contributed by atoms with Gasteiger partial charge in [-0.1, -0.05) is 33.8 Å². The maximum Gasteiger partial charge on any atom is 0.249 e. The number of nitriles is 1. The van der Waals surface area contributed by atoms with Crippen molar-refractivity contribution >= 4 is 15.7 Å². The predicted octanol–water partition coefficient (Wildman–Crippen LogP) is 2.73. The van der Waals surface area contributed by atoms with Gasteiger partial charge in [-0.2, -0.15) is 5.26 Å². The summed E-state index contributed by atoms with van der Waals surface area (Å²) in [6.45, 7) is 7.59. The summed E-state index contributed by atoms with van der Waals surface area (Å²) in [4.78, 5) is 0. The van der Waals surface area contributed by atoms with E-state index in [1.165, 1.54) is 6.07 Å². The second kappa shape index (κ2) is 5.71. The van der Waals surface area contributed by atoms with E-state index in [0.717, 1.165) is 5.56 Å². The average Bonchev–Trinajstić information content (AvgIpc) is 2.31. The molecule has 0 spiro atoms. The Hall–Kier alpha value is -1.74. The van der Waals surface area contributed by atoms with Crippen LogP contribution in [0, 0.1) is 11.3 Å². The molecule has 1 aromatic rings. The molecule has 2 N–H and O–H groups in total. The first-order chi connectivity index (χ1) is 9.11. The fourth-order valence-corrected chi connectivity index (χ4v) is 2.88. The zero-order chi connectivity index (χ0) is 15.6. The maximum atomic E-state index is 12.0. The molecule has 0 saturated heterocycles. The van der Waals surface area contributed by atoms with Crippen molar-refractivity contribution in [2.24, 2.45) is 0 Å². The molecule has 6 heteroatoms. The van der Waals surface area contributed by atoms with E-state index in [-0.39, 0.29) is 23.3 Å².